The zero-order valence-electron chi connectivity index (χ0n) is 19.6. The van der Waals surface area contributed by atoms with Crippen LogP contribution in [0.3, 0.4) is 0 Å². The number of H-pyrrole nitrogens is 1. The number of carbonyl (C=O) groups is 1. The molecule has 0 aliphatic carbocycles. The molecule has 9 heteroatoms. The van der Waals surface area contributed by atoms with Crippen LogP contribution in [0.2, 0.25) is 5.02 Å². The average Bonchev–Trinajstić information content (AvgIpc) is 3.25. The van der Waals surface area contributed by atoms with Crippen molar-refractivity contribution in [3.8, 4) is 11.3 Å². The summed E-state index contributed by atoms with van der Waals surface area (Å²) in [5, 5.41) is 1.89. The minimum Gasteiger partial charge on any atom is -0.378 e. The third-order valence-corrected chi connectivity index (χ3v) is 7.96. The minimum absolute atomic E-state index is 0.0557. The van der Waals surface area contributed by atoms with E-state index in [9.17, 15) is 4.79 Å². The number of nitrogens with zero attached hydrogens (tertiary/aromatic N) is 4. The first-order valence-electron chi connectivity index (χ1n) is 11.9. The first kappa shape index (κ1) is 23.5. The molecule has 2 saturated heterocycles. The van der Waals surface area contributed by atoms with Gasteiger partial charge in [0.15, 0.2) is 10.8 Å². The van der Waals surface area contributed by atoms with Crippen molar-refractivity contribution in [2.75, 3.05) is 44.3 Å². The fraction of sp³-hybridized carbons (Fsp3) is 0.480. The van der Waals surface area contributed by atoms with E-state index in [1.54, 1.807) is 11.8 Å². The molecule has 0 spiro atoms. The molecule has 7 nitrogen and oxygen atoms in total. The summed E-state index contributed by atoms with van der Waals surface area (Å²) in [6, 6.07) is 10.3. The first-order valence-corrected chi connectivity index (χ1v) is 13.2. The van der Waals surface area contributed by atoms with Crippen LogP contribution in [0, 0.1) is 5.92 Å². The quantitative estimate of drug-likeness (QED) is 0.540. The number of thioether (sulfide) groups is 1. The molecule has 180 valence electrons. The van der Waals surface area contributed by atoms with Gasteiger partial charge in [0.1, 0.15) is 0 Å². The molecule has 0 bridgehead atoms. The summed E-state index contributed by atoms with van der Waals surface area (Å²) < 4.78 is 5.45. The van der Waals surface area contributed by atoms with E-state index in [-0.39, 0.29) is 11.8 Å². The van der Waals surface area contributed by atoms with E-state index in [4.69, 9.17) is 26.3 Å². The van der Waals surface area contributed by atoms with E-state index >= 15 is 0 Å². The number of anilines is 1. The second-order valence-electron chi connectivity index (χ2n) is 9.18. The number of ether oxygens (including phenoxy) is 1. The van der Waals surface area contributed by atoms with E-state index in [1.807, 2.05) is 24.8 Å². The van der Waals surface area contributed by atoms with Gasteiger partial charge in [-0.3, -0.25) is 4.79 Å². The summed E-state index contributed by atoms with van der Waals surface area (Å²) >= 11 is 8.35. The number of likely N-dealkylation sites (tertiary alicyclic amines) is 1. The van der Waals surface area contributed by atoms with Crippen LogP contribution < -0.4 is 4.90 Å². The Hall–Kier alpha value is -2.29. The highest BCUT2D eigenvalue weighted by molar-refractivity contribution is 7.99. The van der Waals surface area contributed by atoms with Crippen LogP contribution in [-0.4, -0.2) is 70.4 Å². The van der Waals surface area contributed by atoms with Crippen molar-refractivity contribution in [3.63, 3.8) is 0 Å². The molecule has 2 aromatic heterocycles. The molecule has 2 aliphatic rings. The van der Waals surface area contributed by atoms with Crippen LogP contribution in [0.25, 0.3) is 22.4 Å². The highest BCUT2D eigenvalue weighted by Crippen LogP contribution is 2.33. The number of hydrogen-bond acceptors (Lipinski definition) is 6. The summed E-state index contributed by atoms with van der Waals surface area (Å²) in [6.45, 7) is 8.88. The van der Waals surface area contributed by atoms with Gasteiger partial charge in [-0.15, -0.1) is 0 Å². The Bertz CT molecular complexity index is 1150. The Morgan fingerprint density at radius 2 is 1.82 bits per heavy atom. The Kier molecular flexibility index (Phi) is 6.99. The van der Waals surface area contributed by atoms with Crippen molar-refractivity contribution in [2.24, 2.45) is 5.92 Å². The number of amides is 1. The topological polar surface area (TPSA) is 74.3 Å². The number of aromatic amines is 1. The lowest BCUT2D eigenvalue weighted by Gasteiger charge is -2.32. The van der Waals surface area contributed by atoms with Crippen molar-refractivity contribution < 1.29 is 9.53 Å². The van der Waals surface area contributed by atoms with Gasteiger partial charge in [0.25, 0.3) is 0 Å². The third kappa shape index (κ3) is 5.04. The Morgan fingerprint density at radius 3 is 2.50 bits per heavy atom. The fourth-order valence-corrected chi connectivity index (χ4v) is 5.85. The molecule has 1 aromatic carbocycles. The number of fused-ring (bicyclic) bond motifs is 1. The van der Waals surface area contributed by atoms with E-state index < -0.39 is 0 Å². The number of aromatic nitrogens is 3. The number of carbonyl (C=O) groups excluding carboxylic acids is 1. The van der Waals surface area contributed by atoms with Gasteiger partial charge in [-0.05, 0) is 31.0 Å². The zero-order valence-corrected chi connectivity index (χ0v) is 21.2. The molecule has 1 amide bonds. The SMILES string of the molecule is CC(C)C(=O)N1CCC(Sc2nc3nc(-c4ccc(N5CCOCC5)cc4)c(Cl)cc3[nH]2)CC1. The van der Waals surface area contributed by atoms with Crippen LogP contribution in [0.5, 0.6) is 0 Å². The van der Waals surface area contributed by atoms with Crippen molar-refractivity contribution in [2.45, 2.75) is 37.1 Å². The predicted molar refractivity (Wildman–Crippen MR) is 138 cm³/mol. The van der Waals surface area contributed by atoms with Gasteiger partial charge in [-0.25, -0.2) is 9.97 Å². The van der Waals surface area contributed by atoms with Gasteiger partial charge < -0.3 is 19.5 Å². The highest BCUT2D eigenvalue weighted by Gasteiger charge is 2.25. The van der Waals surface area contributed by atoms with Crippen molar-refractivity contribution in [1.29, 1.82) is 0 Å². The molecule has 4 heterocycles. The molecular formula is C25H30ClN5O2S. The predicted octanol–water partition coefficient (Wildman–Crippen LogP) is 4.85. The molecule has 0 saturated carbocycles. The van der Waals surface area contributed by atoms with E-state index in [1.165, 1.54) is 5.69 Å². The standard InChI is InChI=1S/C25H30ClN5O2S/c1-16(2)24(32)31-9-7-19(8-10-31)34-25-27-21-15-20(26)22(28-23(21)29-25)17-3-5-18(6-4-17)30-11-13-33-14-12-30/h3-6,15-16,19H,7-14H2,1-2H3,(H,27,28,29). The summed E-state index contributed by atoms with van der Waals surface area (Å²) in [5.74, 6) is 0.303. The van der Waals surface area contributed by atoms with E-state index in [0.29, 0.717) is 15.9 Å². The normalized spacial score (nSPS) is 17.6. The molecular weight excluding hydrogens is 470 g/mol. The van der Waals surface area contributed by atoms with Crippen LogP contribution in [0.1, 0.15) is 26.7 Å². The molecule has 5 rings (SSSR count). The maximum Gasteiger partial charge on any atom is 0.225 e. The molecule has 0 unspecified atom stereocenters. The van der Waals surface area contributed by atoms with E-state index in [0.717, 1.165) is 74.2 Å². The molecule has 2 fully saturated rings. The Labute approximate surface area is 209 Å². The van der Waals surface area contributed by atoms with Crippen LogP contribution >= 0.6 is 23.4 Å². The number of morpholine rings is 1. The average molecular weight is 500 g/mol. The third-order valence-electron chi connectivity index (χ3n) is 6.45. The van der Waals surface area contributed by atoms with Crippen molar-refractivity contribution in [3.05, 3.63) is 35.4 Å². The van der Waals surface area contributed by atoms with Gasteiger partial charge in [-0.2, -0.15) is 0 Å². The maximum atomic E-state index is 12.2. The number of nitrogens with one attached hydrogen (secondary N) is 1. The van der Waals surface area contributed by atoms with Gasteiger partial charge in [0.05, 0.1) is 29.4 Å². The smallest absolute Gasteiger partial charge is 0.225 e. The lowest BCUT2D eigenvalue weighted by molar-refractivity contribution is -0.135. The summed E-state index contributed by atoms with van der Waals surface area (Å²) in [7, 11) is 0. The molecule has 2 aliphatic heterocycles. The van der Waals surface area contributed by atoms with Gasteiger partial charge in [0.2, 0.25) is 5.91 Å². The lowest BCUT2D eigenvalue weighted by Crippen LogP contribution is -2.41. The molecule has 3 aromatic rings. The minimum atomic E-state index is 0.0557. The number of benzene rings is 1. The highest BCUT2D eigenvalue weighted by atomic mass is 35.5. The molecule has 1 N–H and O–H groups in total. The number of halogens is 1. The van der Waals surface area contributed by atoms with Crippen LogP contribution in [-0.2, 0) is 9.53 Å². The van der Waals surface area contributed by atoms with Gasteiger partial charge >= 0.3 is 0 Å². The summed E-state index contributed by atoms with van der Waals surface area (Å²) in [4.78, 5) is 29.4. The second-order valence-corrected chi connectivity index (χ2v) is 10.9. The fourth-order valence-electron chi connectivity index (χ4n) is 4.52. The Balaban J connectivity index is 1.28. The second kappa shape index (κ2) is 10.1. The number of piperidine rings is 1. The lowest BCUT2D eigenvalue weighted by atomic mass is 10.1. The number of pyridine rings is 1. The number of rotatable bonds is 5. The summed E-state index contributed by atoms with van der Waals surface area (Å²) in [5.41, 5.74) is 4.42. The maximum absolute atomic E-state index is 12.2. The van der Waals surface area contributed by atoms with Crippen molar-refractivity contribution >= 4 is 46.1 Å². The van der Waals surface area contributed by atoms with Crippen LogP contribution in [0.4, 0.5) is 5.69 Å². The number of hydrogen-bond donors (Lipinski definition) is 1. The van der Waals surface area contributed by atoms with Gasteiger partial charge in [-0.1, -0.05) is 49.3 Å². The largest absolute Gasteiger partial charge is 0.378 e. The molecule has 34 heavy (non-hydrogen) atoms. The molecule has 0 atom stereocenters. The number of imidazole rings is 1. The summed E-state index contributed by atoms with van der Waals surface area (Å²) in [6.07, 6.45) is 1.93. The van der Waals surface area contributed by atoms with Gasteiger partial charge in [0, 0.05) is 48.6 Å². The van der Waals surface area contributed by atoms with Crippen molar-refractivity contribution in [1.82, 2.24) is 19.9 Å². The van der Waals surface area contributed by atoms with E-state index in [2.05, 4.69) is 34.1 Å². The zero-order chi connectivity index (χ0) is 23.7. The Morgan fingerprint density at radius 1 is 1.12 bits per heavy atom. The monoisotopic (exact) mass is 499 g/mol. The molecule has 0 radical (unpaired) electrons. The van der Waals surface area contributed by atoms with Crippen LogP contribution in [0.15, 0.2) is 35.5 Å². The first-order chi connectivity index (χ1) is 16.5.